The summed E-state index contributed by atoms with van der Waals surface area (Å²) in [4.78, 5) is 9.17. The van der Waals surface area contributed by atoms with Crippen LogP contribution in [0.3, 0.4) is 0 Å². The fraction of sp³-hybridized carbons (Fsp3) is 0.176. The summed E-state index contributed by atoms with van der Waals surface area (Å²) in [6.07, 6.45) is 3.78. The summed E-state index contributed by atoms with van der Waals surface area (Å²) in [5.74, 6) is 2.22. The summed E-state index contributed by atoms with van der Waals surface area (Å²) in [7, 11) is 0. The zero-order valence-electron chi connectivity index (χ0n) is 12.0. The Balaban J connectivity index is 0.00000144. The van der Waals surface area contributed by atoms with Crippen LogP contribution in [-0.2, 0) is 0 Å². The number of benzene rings is 1. The van der Waals surface area contributed by atoms with Crippen molar-refractivity contribution in [3.05, 3.63) is 54.5 Å². The van der Waals surface area contributed by atoms with Gasteiger partial charge in [0.25, 0.3) is 0 Å². The van der Waals surface area contributed by atoms with Gasteiger partial charge in [-0.05, 0) is 30.2 Å². The molecule has 1 aliphatic heterocycles. The van der Waals surface area contributed by atoms with Crippen molar-refractivity contribution in [2.75, 3.05) is 5.32 Å². The second-order valence-corrected chi connectivity index (χ2v) is 5.54. The predicted molar refractivity (Wildman–Crippen MR) is 86.3 cm³/mol. The van der Waals surface area contributed by atoms with Gasteiger partial charge in [-0.3, -0.25) is 4.57 Å². The Morgan fingerprint density at radius 1 is 1.10 bits per heavy atom. The molecule has 0 bridgehead atoms. The van der Waals surface area contributed by atoms with E-state index in [0.29, 0.717) is 5.92 Å². The zero-order chi connectivity index (χ0) is 14.4. The van der Waals surface area contributed by atoms with E-state index >= 15 is 0 Å². The topological polar surface area (TPSA) is 42.7 Å². The molecule has 0 saturated heterocycles. The molecule has 0 amide bonds. The molecule has 0 unspecified atom stereocenters. The van der Waals surface area contributed by atoms with Crippen molar-refractivity contribution in [1.29, 1.82) is 0 Å². The number of para-hydroxylation sites is 1. The van der Waals surface area contributed by atoms with Crippen LogP contribution in [0.25, 0.3) is 17.1 Å². The first-order valence-corrected chi connectivity index (χ1v) is 7.15. The third-order valence-corrected chi connectivity index (χ3v) is 3.83. The lowest BCUT2D eigenvalue weighted by molar-refractivity contribution is 0.790. The number of rotatable bonds is 1. The van der Waals surface area contributed by atoms with Gasteiger partial charge < -0.3 is 5.32 Å². The van der Waals surface area contributed by atoms with Crippen LogP contribution in [0.15, 0.2) is 48.8 Å². The first-order valence-electron chi connectivity index (χ1n) is 7.15. The maximum Gasteiger partial charge on any atom is 0.154 e. The highest BCUT2D eigenvalue weighted by Gasteiger charge is 2.23. The van der Waals surface area contributed by atoms with Gasteiger partial charge in [0.2, 0.25) is 0 Å². The molecule has 3 heterocycles. The van der Waals surface area contributed by atoms with E-state index in [1.807, 2.05) is 30.6 Å². The molecular weight excluding hydrogens is 260 g/mol. The van der Waals surface area contributed by atoms with Crippen LogP contribution < -0.4 is 5.32 Å². The molecule has 1 N–H and O–H groups in total. The second kappa shape index (κ2) is 4.45. The van der Waals surface area contributed by atoms with Crippen LogP contribution in [-0.4, -0.2) is 14.5 Å². The highest BCUT2D eigenvalue weighted by molar-refractivity contribution is 5.83. The lowest BCUT2D eigenvalue weighted by atomic mass is 10.1. The molecule has 1 aromatic carbocycles. The summed E-state index contributed by atoms with van der Waals surface area (Å²) < 4.78 is 2.21. The minimum absolute atomic E-state index is 0. The summed E-state index contributed by atoms with van der Waals surface area (Å²) in [6, 6.07) is 12.3. The number of hydrogen-bond acceptors (Lipinski definition) is 3. The quantitative estimate of drug-likeness (QED) is 0.562. The van der Waals surface area contributed by atoms with Gasteiger partial charge in [-0.1, -0.05) is 26.0 Å². The number of hydrogen-bond donors (Lipinski definition) is 1. The number of fused-ring (bicyclic) bond motifs is 5. The van der Waals surface area contributed by atoms with Crippen molar-refractivity contribution in [3.8, 4) is 17.1 Å². The first-order chi connectivity index (χ1) is 10.3. The van der Waals surface area contributed by atoms with Crippen molar-refractivity contribution < 1.29 is 1.43 Å². The van der Waals surface area contributed by atoms with Crippen LogP contribution in [0.5, 0.6) is 0 Å². The van der Waals surface area contributed by atoms with Crippen molar-refractivity contribution in [2.45, 2.75) is 19.8 Å². The Morgan fingerprint density at radius 2 is 1.95 bits per heavy atom. The van der Waals surface area contributed by atoms with Gasteiger partial charge in [0.05, 0.1) is 11.4 Å². The average molecular weight is 278 g/mol. The van der Waals surface area contributed by atoms with Crippen molar-refractivity contribution in [2.24, 2.45) is 0 Å². The molecule has 0 radical (unpaired) electrons. The molecule has 0 fully saturated rings. The summed E-state index contributed by atoms with van der Waals surface area (Å²) in [5.41, 5.74) is 4.38. The molecule has 4 nitrogen and oxygen atoms in total. The Kier molecular flexibility index (Phi) is 2.57. The van der Waals surface area contributed by atoms with Gasteiger partial charge in [-0.15, -0.1) is 0 Å². The Labute approximate surface area is 125 Å². The number of anilines is 2. The second-order valence-electron chi connectivity index (χ2n) is 5.54. The lowest BCUT2D eigenvalue weighted by Gasteiger charge is -2.13. The monoisotopic (exact) mass is 278 g/mol. The highest BCUT2D eigenvalue weighted by Crippen LogP contribution is 2.38. The summed E-state index contributed by atoms with van der Waals surface area (Å²) >= 11 is 0. The fourth-order valence-corrected chi connectivity index (χ4v) is 2.80. The Morgan fingerprint density at radius 3 is 2.81 bits per heavy atom. The van der Waals surface area contributed by atoms with E-state index in [0.717, 1.165) is 28.6 Å². The lowest BCUT2D eigenvalue weighted by Crippen LogP contribution is -2.04. The molecule has 0 saturated carbocycles. The molecule has 4 rings (SSSR count). The van der Waals surface area contributed by atoms with E-state index in [1.54, 1.807) is 0 Å². The molecule has 0 atom stereocenters. The van der Waals surface area contributed by atoms with Gasteiger partial charge >= 0.3 is 0 Å². The minimum Gasteiger partial charge on any atom is -0.338 e. The normalized spacial score (nSPS) is 12.1. The van der Waals surface area contributed by atoms with Crippen LogP contribution >= 0.6 is 0 Å². The fourth-order valence-electron chi connectivity index (χ4n) is 2.80. The van der Waals surface area contributed by atoms with Crippen LogP contribution in [0.2, 0.25) is 0 Å². The number of pyridine rings is 1. The van der Waals surface area contributed by atoms with E-state index < -0.39 is 0 Å². The molecule has 4 heteroatoms. The molecule has 2 aromatic heterocycles. The molecule has 0 spiro atoms. The first kappa shape index (κ1) is 12.1. The molecule has 3 aromatic rings. The number of aromatic nitrogens is 3. The maximum atomic E-state index is 4.67. The molecular formula is C17H18N4. The van der Waals surface area contributed by atoms with Crippen LogP contribution in [0, 0.1) is 0 Å². The number of nitrogens with one attached hydrogen (secondary N) is 1. The Bertz CT molecular complexity index is 823. The van der Waals surface area contributed by atoms with Crippen LogP contribution in [0.1, 0.15) is 26.9 Å². The van der Waals surface area contributed by atoms with Crippen molar-refractivity contribution >= 4 is 11.5 Å². The van der Waals surface area contributed by atoms with E-state index in [1.165, 1.54) is 5.69 Å². The predicted octanol–water partition coefficient (Wildman–Crippen LogP) is 4.36. The van der Waals surface area contributed by atoms with Gasteiger partial charge in [0, 0.05) is 25.1 Å². The smallest absolute Gasteiger partial charge is 0.154 e. The minimum atomic E-state index is 0. The van der Waals surface area contributed by atoms with E-state index in [4.69, 9.17) is 0 Å². The average Bonchev–Trinajstić information content (AvgIpc) is 2.88. The Hall–Kier alpha value is -2.62. The number of nitrogens with zero attached hydrogens (tertiary/aromatic N) is 3. The van der Waals surface area contributed by atoms with E-state index in [-0.39, 0.29) is 1.43 Å². The maximum absolute atomic E-state index is 4.67. The van der Waals surface area contributed by atoms with E-state index in [9.17, 15) is 0 Å². The standard InChI is InChI=1S/C17H16N4.H2/c1-11(2)15-10-19-17-12-6-3-4-7-13(12)20-16-14(21(15)17)8-5-9-18-16;/h3-11H,1-2H3,(H,18,20);1H. The molecule has 21 heavy (non-hydrogen) atoms. The van der Waals surface area contributed by atoms with Crippen LogP contribution in [0.4, 0.5) is 11.5 Å². The molecule has 0 aliphatic carbocycles. The third kappa shape index (κ3) is 1.76. The zero-order valence-corrected chi connectivity index (χ0v) is 12.0. The van der Waals surface area contributed by atoms with Crippen molar-refractivity contribution in [1.82, 2.24) is 14.5 Å². The molecule has 106 valence electrons. The number of imidazole rings is 1. The van der Waals surface area contributed by atoms with Crippen molar-refractivity contribution in [3.63, 3.8) is 0 Å². The highest BCUT2D eigenvalue weighted by atomic mass is 15.2. The van der Waals surface area contributed by atoms with Gasteiger partial charge in [0.15, 0.2) is 5.82 Å². The van der Waals surface area contributed by atoms with Gasteiger partial charge in [-0.2, -0.15) is 0 Å². The summed E-state index contributed by atoms with van der Waals surface area (Å²) in [5, 5.41) is 3.43. The third-order valence-electron chi connectivity index (χ3n) is 3.83. The largest absolute Gasteiger partial charge is 0.338 e. The summed E-state index contributed by atoms with van der Waals surface area (Å²) in [6.45, 7) is 4.37. The van der Waals surface area contributed by atoms with E-state index in [2.05, 4.69) is 51.9 Å². The van der Waals surface area contributed by atoms with Gasteiger partial charge in [0.1, 0.15) is 5.82 Å². The SMILES string of the molecule is CC(C)c1cnc2n1-c1cccnc1Nc1ccccc1-2.[HH]. The van der Waals surface area contributed by atoms with Gasteiger partial charge in [-0.25, -0.2) is 9.97 Å². The molecule has 1 aliphatic rings.